The van der Waals surface area contributed by atoms with E-state index in [9.17, 15) is 19.2 Å². The molecule has 3 aliphatic rings. The standard InChI is InChI=1S/C64H118N2O8/c1-15-21-22-23-24-27-32-40-54(41-33-28-25-30-35-45-59(69)71-57-47-61(11,17-3)65(73-51(9)67)63(13,19-5)49(57)7)56(55-44-38-37-42-53(55)39-16-2)43-34-29-26-31-36-46-60(70)72-58-48-62(12,18-4)66(74-52(10)68)64(14,20-6)50(58)8/h49-50,53-58H,15-48H2,1-14H3. The third-order valence-corrected chi connectivity index (χ3v) is 20.1. The maximum atomic E-state index is 13.4. The summed E-state index contributed by atoms with van der Waals surface area (Å²) in [4.78, 5) is 62.9. The van der Waals surface area contributed by atoms with Crippen LogP contribution < -0.4 is 0 Å². The van der Waals surface area contributed by atoms with Crippen molar-refractivity contribution in [2.75, 3.05) is 0 Å². The highest BCUT2D eigenvalue weighted by Gasteiger charge is 2.57. The number of hydroxylamine groups is 4. The predicted octanol–water partition coefficient (Wildman–Crippen LogP) is 17.6. The number of carbonyl (C=O) groups is 4. The molecule has 2 saturated heterocycles. The van der Waals surface area contributed by atoms with Crippen LogP contribution in [0.2, 0.25) is 0 Å². The van der Waals surface area contributed by atoms with E-state index in [4.69, 9.17) is 19.1 Å². The monoisotopic (exact) mass is 1040 g/mol. The minimum atomic E-state index is -0.428. The summed E-state index contributed by atoms with van der Waals surface area (Å²) in [5, 5.41) is 3.85. The molecule has 0 bridgehead atoms. The lowest BCUT2D eigenvalue weighted by Gasteiger charge is -2.57. The van der Waals surface area contributed by atoms with Crippen molar-refractivity contribution >= 4 is 23.9 Å². The number of unbranched alkanes of at least 4 members (excludes halogenated alkanes) is 14. The number of nitrogens with zero attached hydrogens (tertiary/aromatic N) is 2. The molecule has 12 unspecified atom stereocenters. The molecule has 10 nitrogen and oxygen atoms in total. The van der Waals surface area contributed by atoms with Crippen LogP contribution in [-0.2, 0) is 38.3 Å². The minimum Gasteiger partial charge on any atom is -0.462 e. The summed E-state index contributed by atoms with van der Waals surface area (Å²) in [6.07, 6.45) is 38.1. The Morgan fingerprint density at radius 2 is 0.892 bits per heavy atom. The van der Waals surface area contributed by atoms with Crippen molar-refractivity contribution in [1.82, 2.24) is 10.1 Å². The second kappa shape index (κ2) is 33.3. The summed E-state index contributed by atoms with van der Waals surface area (Å²) in [6.45, 7) is 29.0. The first-order chi connectivity index (χ1) is 35.2. The second-order valence-corrected chi connectivity index (χ2v) is 25.4. The van der Waals surface area contributed by atoms with Crippen molar-refractivity contribution in [3.8, 4) is 0 Å². The predicted molar refractivity (Wildman–Crippen MR) is 304 cm³/mol. The van der Waals surface area contributed by atoms with Gasteiger partial charge in [-0.1, -0.05) is 197 Å². The van der Waals surface area contributed by atoms with E-state index in [0.29, 0.717) is 25.7 Å². The summed E-state index contributed by atoms with van der Waals surface area (Å²) in [5.74, 6) is 2.60. The van der Waals surface area contributed by atoms with E-state index in [1.165, 1.54) is 155 Å². The second-order valence-electron chi connectivity index (χ2n) is 25.4. The molecule has 1 saturated carbocycles. The number of hydrogen-bond donors (Lipinski definition) is 0. The molecule has 10 heteroatoms. The molecule has 3 rings (SSSR count). The highest BCUT2D eigenvalue weighted by atomic mass is 16.7. The van der Waals surface area contributed by atoms with E-state index in [1.807, 2.05) is 10.1 Å². The summed E-state index contributed by atoms with van der Waals surface area (Å²) < 4.78 is 12.6. The quantitative estimate of drug-likeness (QED) is 0.0444. The Morgan fingerprint density at radius 3 is 1.28 bits per heavy atom. The fourth-order valence-electron chi connectivity index (χ4n) is 14.4. The average molecular weight is 1040 g/mol. The molecule has 12 atom stereocenters. The first kappa shape index (κ1) is 66.1. The van der Waals surface area contributed by atoms with Crippen molar-refractivity contribution in [3.63, 3.8) is 0 Å². The Kier molecular flexibility index (Phi) is 29.7. The van der Waals surface area contributed by atoms with Crippen LogP contribution >= 0.6 is 0 Å². The number of rotatable bonds is 36. The van der Waals surface area contributed by atoms with Crippen molar-refractivity contribution < 1.29 is 38.3 Å². The molecule has 432 valence electrons. The molecular weight excluding hydrogens is 925 g/mol. The van der Waals surface area contributed by atoms with Crippen LogP contribution in [0.15, 0.2) is 0 Å². The zero-order valence-corrected chi connectivity index (χ0v) is 50.8. The van der Waals surface area contributed by atoms with Gasteiger partial charge in [0.1, 0.15) is 12.2 Å². The molecule has 0 spiro atoms. The van der Waals surface area contributed by atoms with Gasteiger partial charge in [0, 0.05) is 51.4 Å². The number of hydrogen-bond acceptors (Lipinski definition) is 10. The smallest absolute Gasteiger partial charge is 0.322 e. The van der Waals surface area contributed by atoms with Gasteiger partial charge in [-0.3, -0.25) is 19.2 Å². The third-order valence-electron chi connectivity index (χ3n) is 20.1. The third kappa shape index (κ3) is 19.3. The van der Waals surface area contributed by atoms with Crippen LogP contribution in [0.5, 0.6) is 0 Å². The minimum absolute atomic E-state index is 0.0276. The number of ether oxygens (including phenoxy) is 2. The highest BCUT2D eigenvalue weighted by molar-refractivity contribution is 5.70. The molecule has 0 amide bonds. The van der Waals surface area contributed by atoms with Gasteiger partial charge in [-0.15, -0.1) is 10.1 Å². The molecule has 0 radical (unpaired) electrons. The molecule has 0 aromatic carbocycles. The van der Waals surface area contributed by atoms with E-state index in [1.54, 1.807) is 0 Å². The lowest BCUT2D eigenvalue weighted by atomic mass is 9.64. The van der Waals surface area contributed by atoms with Gasteiger partial charge in [0.2, 0.25) is 0 Å². The Bertz CT molecular complexity index is 1620. The molecule has 74 heavy (non-hydrogen) atoms. The summed E-state index contributed by atoms with van der Waals surface area (Å²) in [6, 6.07) is 0. The van der Waals surface area contributed by atoms with Crippen LogP contribution in [0.4, 0.5) is 0 Å². The van der Waals surface area contributed by atoms with Gasteiger partial charge in [-0.25, -0.2) is 0 Å². The van der Waals surface area contributed by atoms with E-state index in [2.05, 4.69) is 83.1 Å². The lowest BCUT2D eigenvalue weighted by Crippen LogP contribution is -2.68. The van der Waals surface area contributed by atoms with Gasteiger partial charge < -0.3 is 19.1 Å². The van der Waals surface area contributed by atoms with Gasteiger partial charge in [0.05, 0.1) is 22.2 Å². The first-order valence-corrected chi connectivity index (χ1v) is 31.6. The topological polar surface area (TPSA) is 112 Å². The Hall–Kier alpha value is -2.20. The molecule has 0 N–H and O–H groups in total. The number of piperidine rings is 2. The van der Waals surface area contributed by atoms with E-state index < -0.39 is 22.2 Å². The molecule has 0 aromatic heterocycles. The zero-order valence-electron chi connectivity index (χ0n) is 50.8. The van der Waals surface area contributed by atoms with Gasteiger partial charge in [-0.05, 0) is 103 Å². The molecule has 3 fully saturated rings. The SMILES string of the molecule is CCCCCCCCCC(CCCCCCCC(=O)OC1CC(C)(CC)N(OC(C)=O)C(C)(CC)C1C)C(CCCCCCCC(=O)OC1CC(C)(CC)N(OC(C)=O)C(C)(CC)C1C)C1CCCCC1CCC. The normalized spacial score (nSPS) is 30.6. The van der Waals surface area contributed by atoms with E-state index in [-0.39, 0.29) is 47.9 Å². The summed E-state index contributed by atoms with van der Waals surface area (Å²) in [7, 11) is 0. The van der Waals surface area contributed by atoms with E-state index in [0.717, 1.165) is 75.0 Å². The van der Waals surface area contributed by atoms with Crippen molar-refractivity contribution in [2.24, 2.45) is 35.5 Å². The van der Waals surface area contributed by atoms with Gasteiger partial charge in [0.15, 0.2) is 0 Å². The maximum Gasteiger partial charge on any atom is 0.322 e. The Balaban J connectivity index is 1.57. The van der Waals surface area contributed by atoms with Crippen LogP contribution in [-0.4, -0.2) is 68.4 Å². The van der Waals surface area contributed by atoms with E-state index >= 15 is 0 Å². The van der Waals surface area contributed by atoms with Gasteiger partial charge in [0.25, 0.3) is 0 Å². The summed E-state index contributed by atoms with van der Waals surface area (Å²) in [5.41, 5.74) is -1.67. The maximum absolute atomic E-state index is 13.4. The number of carbonyl (C=O) groups excluding carboxylic acids is 4. The molecule has 1 aliphatic carbocycles. The molecule has 0 aromatic rings. The van der Waals surface area contributed by atoms with Crippen molar-refractivity contribution in [1.29, 1.82) is 0 Å². The fraction of sp³-hybridized carbons (Fsp3) is 0.938. The average Bonchev–Trinajstić information content (AvgIpc) is 3.37. The van der Waals surface area contributed by atoms with Crippen LogP contribution in [0.3, 0.4) is 0 Å². The van der Waals surface area contributed by atoms with Crippen molar-refractivity contribution in [3.05, 3.63) is 0 Å². The fourth-order valence-corrected chi connectivity index (χ4v) is 14.4. The van der Waals surface area contributed by atoms with Crippen LogP contribution in [0, 0.1) is 35.5 Å². The highest BCUT2D eigenvalue weighted by Crippen LogP contribution is 2.49. The van der Waals surface area contributed by atoms with Gasteiger partial charge >= 0.3 is 23.9 Å². The van der Waals surface area contributed by atoms with Crippen LogP contribution in [0.25, 0.3) is 0 Å². The molecular formula is C64H118N2O8. The first-order valence-electron chi connectivity index (χ1n) is 31.6. The largest absolute Gasteiger partial charge is 0.462 e. The molecule has 2 aliphatic heterocycles. The van der Waals surface area contributed by atoms with Crippen LogP contribution in [0.1, 0.15) is 315 Å². The number of esters is 2. The Labute approximate surface area is 455 Å². The lowest BCUT2D eigenvalue weighted by molar-refractivity contribution is -0.299. The van der Waals surface area contributed by atoms with Crippen molar-refractivity contribution in [2.45, 2.75) is 350 Å². The van der Waals surface area contributed by atoms with Gasteiger partial charge in [-0.2, -0.15) is 0 Å². The molecule has 2 heterocycles. The Morgan fingerprint density at radius 1 is 0.500 bits per heavy atom. The zero-order chi connectivity index (χ0) is 55.0. The summed E-state index contributed by atoms with van der Waals surface area (Å²) >= 11 is 0.